The summed E-state index contributed by atoms with van der Waals surface area (Å²) in [6.07, 6.45) is 2.40. The van der Waals surface area contributed by atoms with Gasteiger partial charge in [0.25, 0.3) is 0 Å². The van der Waals surface area contributed by atoms with Gasteiger partial charge in [-0.3, -0.25) is 4.79 Å². The van der Waals surface area contributed by atoms with Crippen molar-refractivity contribution >= 4 is 17.6 Å². The number of nitrogens with zero attached hydrogens (tertiary/aromatic N) is 5. The standard InChI is InChI=1S/C9H11N5OS/c1-3-4-8-7(5-15)11-13-14(8)9-12-10-6(2)16-9/h5H,3-4H2,1-2H3. The van der Waals surface area contributed by atoms with Crippen LogP contribution in [0.1, 0.15) is 34.5 Å². The van der Waals surface area contributed by atoms with Crippen LogP contribution in [-0.4, -0.2) is 31.5 Å². The predicted octanol–water partition coefficient (Wildman–Crippen LogP) is 1.19. The lowest BCUT2D eigenvalue weighted by Crippen LogP contribution is -2.03. The highest BCUT2D eigenvalue weighted by molar-refractivity contribution is 7.13. The van der Waals surface area contributed by atoms with E-state index < -0.39 is 0 Å². The summed E-state index contributed by atoms with van der Waals surface area (Å²) in [5, 5.41) is 17.2. The molecule has 2 rings (SSSR count). The highest BCUT2D eigenvalue weighted by atomic mass is 32.1. The summed E-state index contributed by atoms with van der Waals surface area (Å²) in [7, 11) is 0. The quantitative estimate of drug-likeness (QED) is 0.747. The van der Waals surface area contributed by atoms with Gasteiger partial charge < -0.3 is 0 Å². The van der Waals surface area contributed by atoms with Crippen LogP contribution in [0, 0.1) is 6.92 Å². The predicted molar refractivity (Wildman–Crippen MR) is 58.9 cm³/mol. The number of aryl methyl sites for hydroxylation is 1. The van der Waals surface area contributed by atoms with Gasteiger partial charge in [-0.25, -0.2) is 0 Å². The normalized spacial score (nSPS) is 10.6. The Kier molecular flexibility index (Phi) is 3.04. The summed E-state index contributed by atoms with van der Waals surface area (Å²) in [4.78, 5) is 10.8. The van der Waals surface area contributed by atoms with Gasteiger partial charge in [0.05, 0.1) is 5.69 Å². The number of carbonyl (C=O) groups excluding carboxylic acids is 1. The van der Waals surface area contributed by atoms with Gasteiger partial charge in [0.15, 0.2) is 6.29 Å². The Morgan fingerprint density at radius 3 is 2.75 bits per heavy atom. The lowest BCUT2D eigenvalue weighted by Gasteiger charge is -1.99. The van der Waals surface area contributed by atoms with E-state index in [2.05, 4.69) is 20.5 Å². The summed E-state index contributed by atoms with van der Waals surface area (Å²) >= 11 is 1.43. The van der Waals surface area contributed by atoms with Crippen molar-refractivity contribution < 1.29 is 4.79 Å². The second-order valence-electron chi connectivity index (χ2n) is 3.30. The molecule has 16 heavy (non-hydrogen) atoms. The molecule has 0 unspecified atom stereocenters. The fourth-order valence-electron chi connectivity index (χ4n) is 1.40. The zero-order valence-electron chi connectivity index (χ0n) is 9.04. The van der Waals surface area contributed by atoms with Crippen LogP contribution in [0.3, 0.4) is 0 Å². The topological polar surface area (TPSA) is 73.6 Å². The summed E-state index contributed by atoms with van der Waals surface area (Å²) in [6, 6.07) is 0. The van der Waals surface area contributed by atoms with Crippen LogP contribution in [0.2, 0.25) is 0 Å². The molecule has 7 heteroatoms. The average molecular weight is 237 g/mol. The molecule has 0 fully saturated rings. The fourth-order valence-corrected chi connectivity index (χ4v) is 2.06. The first kappa shape index (κ1) is 10.9. The molecule has 0 aliphatic rings. The van der Waals surface area contributed by atoms with Crippen molar-refractivity contribution in [2.24, 2.45) is 0 Å². The van der Waals surface area contributed by atoms with Gasteiger partial charge in [0.2, 0.25) is 5.13 Å². The molecule has 0 atom stereocenters. The molecule has 0 radical (unpaired) electrons. The Balaban J connectivity index is 2.47. The minimum atomic E-state index is 0.384. The maximum Gasteiger partial charge on any atom is 0.234 e. The van der Waals surface area contributed by atoms with Crippen molar-refractivity contribution in [2.75, 3.05) is 0 Å². The zero-order chi connectivity index (χ0) is 11.5. The van der Waals surface area contributed by atoms with E-state index in [4.69, 9.17) is 0 Å². The molecule has 2 heterocycles. The van der Waals surface area contributed by atoms with Crippen LogP contribution >= 0.6 is 11.3 Å². The number of carbonyl (C=O) groups is 1. The SMILES string of the molecule is CCCc1c(C=O)nnn1-c1nnc(C)s1. The largest absolute Gasteiger partial charge is 0.296 e. The molecule has 2 aromatic heterocycles. The lowest BCUT2D eigenvalue weighted by molar-refractivity contribution is 0.111. The number of rotatable bonds is 4. The maximum absolute atomic E-state index is 10.8. The monoisotopic (exact) mass is 237 g/mol. The lowest BCUT2D eigenvalue weighted by atomic mass is 10.2. The van der Waals surface area contributed by atoms with Crippen molar-refractivity contribution in [1.29, 1.82) is 0 Å². The van der Waals surface area contributed by atoms with E-state index >= 15 is 0 Å². The van der Waals surface area contributed by atoms with E-state index in [1.165, 1.54) is 11.3 Å². The Morgan fingerprint density at radius 1 is 1.38 bits per heavy atom. The van der Waals surface area contributed by atoms with Gasteiger partial charge in [0, 0.05) is 0 Å². The molecule has 0 aliphatic heterocycles. The molecular weight excluding hydrogens is 226 g/mol. The first-order valence-corrected chi connectivity index (χ1v) is 5.78. The molecule has 0 saturated carbocycles. The molecule has 0 aliphatic carbocycles. The van der Waals surface area contributed by atoms with E-state index in [1.807, 2.05) is 13.8 Å². The number of aldehydes is 1. The highest BCUT2D eigenvalue weighted by Gasteiger charge is 2.15. The third-order valence-electron chi connectivity index (χ3n) is 2.09. The Bertz CT molecular complexity index is 504. The number of aromatic nitrogens is 5. The van der Waals surface area contributed by atoms with E-state index in [0.717, 1.165) is 29.8 Å². The molecule has 84 valence electrons. The van der Waals surface area contributed by atoms with Gasteiger partial charge in [-0.05, 0) is 13.3 Å². The third kappa shape index (κ3) is 1.85. The van der Waals surface area contributed by atoms with Crippen molar-refractivity contribution in [1.82, 2.24) is 25.2 Å². The van der Waals surface area contributed by atoms with Gasteiger partial charge in [0.1, 0.15) is 10.7 Å². The van der Waals surface area contributed by atoms with E-state index in [9.17, 15) is 4.79 Å². The summed E-state index contributed by atoms with van der Waals surface area (Å²) < 4.78 is 1.60. The molecular formula is C9H11N5OS. The van der Waals surface area contributed by atoms with Gasteiger partial charge in [-0.1, -0.05) is 29.9 Å². The molecule has 0 aromatic carbocycles. The molecule has 2 aromatic rings. The second-order valence-corrected chi connectivity index (χ2v) is 4.46. The Morgan fingerprint density at radius 2 is 2.19 bits per heavy atom. The van der Waals surface area contributed by atoms with Crippen LogP contribution in [0.4, 0.5) is 0 Å². The Labute approximate surface area is 96.3 Å². The smallest absolute Gasteiger partial charge is 0.234 e. The van der Waals surface area contributed by atoms with Crippen molar-refractivity contribution in [3.05, 3.63) is 16.4 Å². The van der Waals surface area contributed by atoms with Crippen LogP contribution in [-0.2, 0) is 6.42 Å². The van der Waals surface area contributed by atoms with Crippen LogP contribution in [0.5, 0.6) is 0 Å². The highest BCUT2D eigenvalue weighted by Crippen LogP contribution is 2.17. The van der Waals surface area contributed by atoms with E-state index in [1.54, 1.807) is 4.68 Å². The van der Waals surface area contributed by atoms with E-state index in [0.29, 0.717) is 10.8 Å². The van der Waals surface area contributed by atoms with Gasteiger partial charge >= 0.3 is 0 Å². The molecule has 6 nitrogen and oxygen atoms in total. The van der Waals surface area contributed by atoms with Crippen LogP contribution < -0.4 is 0 Å². The van der Waals surface area contributed by atoms with Crippen LogP contribution in [0.15, 0.2) is 0 Å². The summed E-state index contributed by atoms with van der Waals surface area (Å²) in [5.74, 6) is 0. The minimum absolute atomic E-state index is 0.384. The molecule has 0 bridgehead atoms. The third-order valence-corrected chi connectivity index (χ3v) is 2.90. The molecule has 0 N–H and O–H groups in total. The molecule has 0 saturated heterocycles. The van der Waals surface area contributed by atoms with Crippen molar-refractivity contribution in [2.45, 2.75) is 26.7 Å². The molecule has 0 spiro atoms. The number of hydrogen-bond donors (Lipinski definition) is 0. The summed E-state index contributed by atoms with van der Waals surface area (Å²) in [6.45, 7) is 3.91. The fraction of sp³-hybridized carbons (Fsp3) is 0.444. The maximum atomic E-state index is 10.8. The number of hydrogen-bond acceptors (Lipinski definition) is 6. The van der Waals surface area contributed by atoms with Gasteiger partial charge in [-0.2, -0.15) is 4.68 Å². The first-order valence-electron chi connectivity index (χ1n) is 4.96. The van der Waals surface area contributed by atoms with Gasteiger partial charge in [-0.15, -0.1) is 15.3 Å². The zero-order valence-corrected chi connectivity index (χ0v) is 9.86. The van der Waals surface area contributed by atoms with Crippen molar-refractivity contribution in [3.8, 4) is 5.13 Å². The van der Waals surface area contributed by atoms with Crippen LogP contribution in [0.25, 0.3) is 5.13 Å². The first-order chi connectivity index (χ1) is 7.76. The molecule has 0 amide bonds. The van der Waals surface area contributed by atoms with E-state index in [-0.39, 0.29) is 0 Å². The van der Waals surface area contributed by atoms with Crippen molar-refractivity contribution in [3.63, 3.8) is 0 Å². The minimum Gasteiger partial charge on any atom is -0.296 e. The summed E-state index contributed by atoms with van der Waals surface area (Å²) in [5.41, 5.74) is 1.18. The average Bonchev–Trinajstić information content (AvgIpc) is 2.85. The Hall–Kier alpha value is -1.63. The second kappa shape index (κ2) is 4.48.